The molecule has 0 bridgehead atoms. The number of fused-ring (bicyclic) bond motifs is 1. The van der Waals surface area contributed by atoms with Crippen LogP contribution in [0.25, 0.3) is 11.0 Å². The van der Waals surface area contributed by atoms with E-state index in [4.69, 9.17) is 4.74 Å². The zero-order chi connectivity index (χ0) is 30.3. The molecule has 4 rings (SSSR count). The minimum Gasteiger partial charge on any atom is -0.496 e. The Labute approximate surface area is 250 Å². The van der Waals surface area contributed by atoms with Gasteiger partial charge in [-0.1, -0.05) is 83.7 Å². The van der Waals surface area contributed by atoms with E-state index in [1.807, 2.05) is 43.4 Å². The van der Waals surface area contributed by atoms with Crippen LogP contribution in [-0.4, -0.2) is 41.9 Å². The van der Waals surface area contributed by atoms with Gasteiger partial charge in [-0.05, 0) is 61.2 Å². The number of H-pyrrole nitrogens is 1. The van der Waals surface area contributed by atoms with Gasteiger partial charge in [0.15, 0.2) is 0 Å². The molecule has 1 aromatic heterocycles. The van der Waals surface area contributed by atoms with Crippen LogP contribution in [0.3, 0.4) is 0 Å². The lowest BCUT2D eigenvalue weighted by Gasteiger charge is -2.28. The molecule has 2 heterocycles. The quantitative estimate of drug-likeness (QED) is 0.252. The van der Waals surface area contributed by atoms with Crippen molar-refractivity contribution in [2.45, 2.75) is 72.6 Å². The molecule has 2 aromatic carbocycles. The van der Waals surface area contributed by atoms with Crippen molar-refractivity contribution < 1.29 is 14.3 Å². The molecule has 3 aromatic rings. The summed E-state index contributed by atoms with van der Waals surface area (Å²) in [6.45, 7) is 12.7. The van der Waals surface area contributed by atoms with Crippen LogP contribution in [0.4, 0.5) is 11.6 Å². The summed E-state index contributed by atoms with van der Waals surface area (Å²) in [5.41, 5.74) is 4.72. The lowest BCUT2D eigenvalue weighted by Crippen LogP contribution is -2.29. The third-order valence-corrected chi connectivity index (χ3v) is 7.17. The zero-order valence-electron chi connectivity index (χ0n) is 25.8. The van der Waals surface area contributed by atoms with Crippen LogP contribution >= 0.6 is 0 Å². The van der Waals surface area contributed by atoms with Gasteiger partial charge < -0.3 is 14.6 Å². The molecule has 1 unspecified atom stereocenters. The van der Waals surface area contributed by atoms with Crippen LogP contribution in [0.5, 0.6) is 0 Å². The summed E-state index contributed by atoms with van der Waals surface area (Å²) >= 11 is 0. The van der Waals surface area contributed by atoms with E-state index in [9.17, 15) is 9.59 Å². The third kappa shape index (κ3) is 9.47. The van der Waals surface area contributed by atoms with Gasteiger partial charge in [-0.15, -0.1) is 0 Å². The highest BCUT2D eigenvalue weighted by atomic mass is 16.5. The molecule has 0 spiro atoms. The first-order chi connectivity index (χ1) is 20.4. The summed E-state index contributed by atoms with van der Waals surface area (Å²) < 4.78 is 5.90. The van der Waals surface area contributed by atoms with Gasteiger partial charge in [-0.2, -0.15) is 0 Å². The van der Waals surface area contributed by atoms with E-state index in [0.29, 0.717) is 53.7 Å². The number of nitrogens with one attached hydrogen (secondary N) is 2. The van der Waals surface area contributed by atoms with Gasteiger partial charge in [0.1, 0.15) is 12.9 Å². The number of hydrogen-bond donors (Lipinski definition) is 2. The molecule has 0 saturated heterocycles. The SMILES string of the molecule is CCCC(C)c1ccc(C(=O)Nc2nc3ccc(C=O)cc3[nH]2)cc1N1C/C=C/C=C\C=C(/C)OCC1.CCCCC. The number of aldehydes is 1. The van der Waals surface area contributed by atoms with Crippen LogP contribution in [0.1, 0.15) is 98.9 Å². The first-order valence-electron chi connectivity index (χ1n) is 15.2. The van der Waals surface area contributed by atoms with E-state index in [1.165, 1.54) is 24.8 Å². The van der Waals surface area contributed by atoms with Crippen LogP contribution in [0.2, 0.25) is 0 Å². The summed E-state index contributed by atoms with van der Waals surface area (Å²) in [5.74, 6) is 1.31. The molecule has 0 saturated carbocycles. The van der Waals surface area contributed by atoms with Gasteiger partial charge in [-0.25, -0.2) is 4.98 Å². The number of unbranched alkanes of at least 4 members (excludes halogenated alkanes) is 2. The van der Waals surface area contributed by atoms with E-state index in [-0.39, 0.29) is 5.91 Å². The summed E-state index contributed by atoms with van der Waals surface area (Å²) in [6.07, 6.45) is 17.1. The van der Waals surface area contributed by atoms with Crippen LogP contribution < -0.4 is 10.2 Å². The van der Waals surface area contributed by atoms with Gasteiger partial charge in [-0.3, -0.25) is 14.9 Å². The van der Waals surface area contributed by atoms with Crippen molar-refractivity contribution in [3.05, 3.63) is 89.2 Å². The Morgan fingerprint density at radius 1 is 1.10 bits per heavy atom. The van der Waals surface area contributed by atoms with E-state index in [1.54, 1.807) is 18.2 Å². The number of benzene rings is 2. The van der Waals surface area contributed by atoms with Crippen molar-refractivity contribution in [3.8, 4) is 0 Å². The molecule has 1 amide bonds. The minimum atomic E-state index is -0.253. The normalized spacial score (nSPS) is 17.0. The first-order valence-corrected chi connectivity index (χ1v) is 15.2. The number of rotatable bonds is 9. The fourth-order valence-electron chi connectivity index (χ4n) is 4.85. The number of aromatic amines is 1. The highest BCUT2D eigenvalue weighted by molar-refractivity contribution is 6.04. The van der Waals surface area contributed by atoms with Gasteiger partial charge in [0, 0.05) is 23.4 Å². The van der Waals surface area contributed by atoms with Crippen molar-refractivity contribution in [1.29, 1.82) is 0 Å². The van der Waals surface area contributed by atoms with Gasteiger partial charge >= 0.3 is 0 Å². The van der Waals surface area contributed by atoms with Crippen LogP contribution in [0, 0.1) is 0 Å². The van der Waals surface area contributed by atoms with E-state index >= 15 is 0 Å². The van der Waals surface area contributed by atoms with E-state index in [0.717, 1.165) is 30.6 Å². The molecule has 0 radical (unpaired) electrons. The lowest BCUT2D eigenvalue weighted by atomic mass is 9.93. The predicted octanol–water partition coefficient (Wildman–Crippen LogP) is 8.58. The van der Waals surface area contributed by atoms with Crippen molar-refractivity contribution in [2.24, 2.45) is 0 Å². The Morgan fingerprint density at radius 2 is 1.90 bits per heavy atom. The Bertz CT molecular complexity index is 1400. The maximum absolute atomic E-state index is 13.3. The summed E-state index contributed by atoms with van der Waals surface area (Å²) in [4.78, 5) is 34.1. The summed E-state index contributed by atoms with van der Waals surface area (Å²) in [7, 11) is 0. The Morgan fingerprint density at radius 3 is 2.62 bits per heavy atom. The third-order valence-electron chi connectivity index (χ3n) is 7.17. The number of imidazole rings is 1. The van der Waals surface area contributed by atoms with E-state index < -0.39 is 0 Å². The zero-order valence-corrected chi connectivity index (χ0v) is 25.8. The van der Waals surface area contributed by atoms with Crippen LogP contribution in [-0.2, 0) is 4.74 Å². The maximum Gasteiger partial charge on any atom is 0.258 e. The monoisotopic (exact) mass is 570 g/mol. The fraction of sp³-hybridized carbons (Fsp3) is 0.400. The number of aromatic nitrogens is 2. The molecule has 1 atom stereocenters. The molecular weight excluding hydrogens is 524 g/mol. The minimum absolute atomic E-state index is 0.253. The number of allylic oxidation sites excluding steroid dienone is 5. The highest BCUT2D eigenvalue weighted by Gasteiger charge is 2.19. The van der Waals surface area contributed by atoms with Crippen molar-refractivity contribution in [3.63, 3.8) is 0 Å². The molecule has 2 N–H and O–H groups in total. The molecule has 0 aliphatic carbocycles. The van der Waals surface area contributed by atoms with Gasteiger partial charge in [0.05, 0.1) is 23.3 Å². The molecular formula is C35H46N4O3. The second-order valence-corrected chi connectivity index (χ2v) is 10.6. The average Bonchev–Trinajstić information content (AvgIpc) is 3.37. The van der Waals surface area contributed by atoms with Crippen LogP contribution in [0.15, 0.2) is 72.5 Å². The smallest absolute Gasteiger partial charge is 0.258 e. The largest absolute Gasteiger partial charge is 0.496 e. The number of carbonyl (C=O) groups excluding carboxylic acids is 2. The van der Waals surface area contributed by atoms with Crippen molar-refractivity contribution in [1.82, 2.24) is 9.97 Å². The molecule has 0 fully saturated rings. The molecule has 1 aliphatic heterocycles. The number of nitrogens with zero attached hydrogens (tertiary/aromatic N) is 2. The molecule has 224 valence electrons. The number of amides is 1. The second kappa shape index (κ2) is 17.0. The Kier molecular flexibility index (Phi) is 13.1. The Balaban J connectivity index is 0.000000892. The highest BCUT2D eigenvalue weighted by Crippen LogP contribution is 2.32. The number of ether oxygens (including phenoxy) is 1. The molecule has 7 heteroatoms. The number of carbonyl (C=O) groups is 2. The standard InChI is InChI=1S/C30H34N4O3.C5H12/c1-4-9-21(2)25-13-12-24(19-28(25)34-15-8-6-5-7-10-22(3)37-17-16-34)29(36)33-30-31-26-14-11-23(20-35)18-27(26)32-30;1-3-5-4-2/h5-8,10-14,18-21H,4,9,15-17H2,1-3H3,(H2,31,32,33,36);3-5H2,1-2H3/b7-5-,8-6+,22-10+;. The van der Waals surface area contributed by atoms with Crippen molar-refractivity contribution in [2.75, 3.05) is 29.9 Å². The first kappa shape index (κ1) is 32.4. The lowest BCUT2D eigenvalue weighted by molar-refractivity contribution is 0.102. The fourth-order valence-corrected chi connectivity index (χ4v) is 4.85. The average molecular weight is 571 g/mol. The Hall–Kier alpha value is -4.13. The number of hydrogen-bond acceptors (Lipinski definition) is 5. The second-order valence-electron chi connectivity index (χ2n) is 10.6. The molecule has 42 heavy (non-hydrogen) atoms. The molecule has 1 aliphatic rings. The van der Waals surface area contributed by atoms with Crippen molar-refractivity contribution >= 4 is 34.9 Å². The summed E-state index contributed by atoms with van der Waals surface area (Å²) in [5, 5.41) is 2.88. The summed E-state index contributed by atoms with van der Waals surface area (Å²) in [6, 6.07) is 11.1. The molecule has 7 nitrogen and oxygen atoms in total. The van der Waals surface area contributed by atoms with E-state index in [2.05, 4.69) is 60.0 Å². The van der Waals surface area contributed by atoms with Gasteiger partial charge in [0.25, 0.3) is 5.91 Å². The van der Waals surface area contributed by atoms with Gasteiger partial charge in [0.2, 0.25) is 5.95 Å². The maximum atomic E-state index is 13.3. The topological polar surface area (TPSA) is 87.3 Å². The predicted molar refractivity (Wildman–Crippen MR) is 175 cm³/mol. The number of anilines is 2.